The molecule has 0 N–H and O–H groups in total. The average Bonchev–Trinajstić information content (AvgIpc) is 2.91. The average molecular weight is 201 g/mol. The molecule has 0 spiro atoms. The van der Waals surface area contributed by atoms with Crippen molar-refractivity contribution in [2.75, 3.05) is 0 Å². The summed E-state index contributed by atoms with van der Waals surface area (Å²) in [5, 5.41) is 0. The fraction of sp³-hybridized carbons (Fsp3) is 0.375. The van der Waals surface area contributed by atoms with Gasteiger partial charge in [-0.1, -0.05) is 0 Å². The normalized spacial score (nSPS) is 21.5. The van der Waals surface area contributed by atoms with Crippen molar-refractivity contribution in [3.05, 3.63) is 28.4 Å². The Balaban J connectivity index is 2.58. The molecule has 0 unspecified atom stereocenters. The zero-order chi connectivity index (χ0) is 9.59. The van der Waals surface area contributed by atoms with Crippen molar-refractivity contribution in [1.82, 2.24) is 4.98 Å². The van der Waals surface area contributed by atoms with Gasteiger partial charge in [0, 0.05) is 16.6 Å². The molecule has 0 aliphatic heterocycles. The third-order valence-corrected chi connectivity index (χ3v) is 2.20. The van der Waals surface area contributed by atoms with Gasteiger partial charge in [-0.05, 0) is 40.9 Å². The molecule has 2 rings (SSSR count). The molecule has 10 heavy (non-hydrogen) atoms. The Morgan fingerprint density at radius 3 is 3.20 bits per heavy atom. The molecule has 2 heteroatoms. The summed E-state index contributed by atoms with van der Waals surface area (Å²) >= 11 is 3.25. The van der Waals surface area contributed by atoms with Crippen LogP contribution >= 0.6 is 15.9 Å². The van der Waals surface area contributed by atoms with Crippen LogP contribution in [-0.2, 0) is 0 Å². The smallest absolute Gasteiger partial charge is 0.0840 e. The Bertz CT molecular complexity index is 363. The molecule has 0 saturated heterocycles. The predicted octanol–water partition coefficient (Wildman–Crippen LogP) is 2.72. The number of rotatable bonds is 1. The lowest BCUT2D eigenvalue weighted by Gasteiger charge is -1.97. The van der Waals surface area contributed by atoms with Gasteiger partial charge >= 0.3 is 0 Å². The van der Waals surface area contributed by atoms with Gasteiger partial charge in [-0.2, -0.15) is 0 Å². The first-order valence-corrected chi connectivity index (χ1v) is 4.03. The molecule has 1 aromatic heterocycles. The minimum absolute atomic E-state index is 0.0851. The summed E-state index contributed by atoms with van der Waals surface area (Å²) in [4.78, 5) is 4.01. The fourth-order valence-electron chi connectivity index (χ4n) is 0.911. The summed E-state index contributed by atoms with van der Waals surface area (Å²) in [6.45, 7) is 0. The summed E-state index contributed by atoms with van der Waals surface area (Å²) in [5.41, 5.74) is 0.783. The number of pyridine rings is 1. The molecular formula is C8H8BrN. The zero-order valence-corrected chi connectivity index (χ0v) is 6.90. The Morgan fingerprint density at radius 2 is 2.50 bits per heavy atom. The number of halogens is 1. The molecule has 1 saturated carbocycles. The van der Waals surface area contributed by atoms with Gasteiger partial charge < -0.3 is 0 Å². The number of aromatic nitrogens is 1. The third kappa shape index (κ3) is 1.08. The number of hydrogen-bond donors (Lipinski definition) is 0. The molecule has 1 aliphatic rings. The Hall–Kier alpha value is -0.370. The minimum atomic E-state index is -0.101. The van der Waals surface area contributed by atoms with Crippen LogP contribution in [0.4, 0.5) is 0 Å². The van der Waals surface area contributed by atoms with E-state index in [0.717, 1.165) is 18.5 Å². The second kappa shape index (κ2) is 2.35. The van der Waals surface area contributed by atoms with Crippen LogP contribution in [0.1, 0.15) is 28.6 Å². The first kappa shape index (κ1) is 3.86. The highest BCUT2D eigenvalue weighted by molar-refractivity contribution is 9.10. The van der Waals surface area contributed by atoms with Gasteiger partial charge in [-0.25, -0.2) is 0 Å². The van der Waals surface area contributed by atoms with Gasteiger partial charge in [0.1, 0.15) is 0 Å². The van der Waals surface area contributed by atoms with Crippen molar-refractivity contribution in [1.29, 1.82) is 0 Å². The summed E-state index contributed by atoms with van der Waals surface area (Å²) in [5.74, 6) is 0.406. The van der Waals surface area contributed by atoms with Crippen LogP contribution in [0.15, 0.2) is 22.7 Å². The summed E-state index contributed by atoms with van der Waals surface area (Å²) < 4.78 is 22.9. The molecule has 0 atom stereocenters. The number of hydrogen-bond acceptors (Lipinski definition) is 1. The molecule has 52 valence electrons. The maximum absolute atomic E-state index is 7.55. The molecule has 1 fully saturated rings. The van der Waals surface area contributed by atoms with E-state index in [0.29, 0.717) is 10.4 Å². The zero-order valence-electron chi connectivity index (χ0n) is 8.32. The van der Waals surface area contributed by atoms with Crippen LogP contribution in [-0.4, -0.2) is 4.98 Å². The van der Waals surface area contributed by atoms with E-state index < -0.39 is 0 Å². The van der Waals surface area contributed by atoms with E-state index in [-0.39, 0.29) is 18.3 Å². The SMILES string of the molecule is [2H]c1nc(C2CC2)c(Br)c([2H])c1[2H]. The molecule has 0 bridgehead atoms. The molecule has 1 aliphatic carbocycles. The maximum atomic E-state index is 7.55. The van der Waals surface area contributed by atoms with Crippen LogP contribution in [0.2, 0.25) is 0 Å². The van der Waals surface area contributed by atoms with Gasteiger partial charge in [-0.3, -0.25) is 4.98 Å². The lowest BCUT2D eigenvalue weighted by atomic mass is 10.2. The van der Waals surface area contributed by atoms with Crippen LogP contribution in [0.25, 0.3) is 0 Å². The van der Waals surface area contributed by atoms with Crippen LogP contribution in [0.5, 0.6) is 0 Å². The molecule has 0 amide bonds. The van der Waals surface area contributed by atoms with Crippen molar-refractivity contribution in [3.8, 4) is 0 Å². The van der Waals surface area contributed by atoms with E-state index in [1.54, 1.807) is 0 Å². The first-order valence-electron chi connectivity index (χ1n) is 4.74. The van der Waals surface area contributed by atoms with E-state index in [2.05, 4.69) is 20.9 Å². The van der Waals surface area contributed by atoms with Gasteiger partial charge in [-0.15, -0.1) is 0 Å². The topological polar surface area (TPSA) is 12.9 Å². The highest BCUT2D eigenvalue weighted by Crippen LogP contribution is 2.41. The van der Waals surface area contributed by atoms with E-state index in [9.17, 15) is 0 Å². The van der Waals surface area contributed by atoms with Crippen LogP contribution in [0, 0.1) is 0 Å². The predicted molar refractivity (Wildman–Crippen MR) is 43.9 cm³/mol. The lowest BCUT2D eigenvalue weighted by Crippen LogP contribution is -1.85. The van der Waals surface area contributed by atoms with Crippen molar-refractivity contribution in [2.24, 2.45) is 0 Å². The van der Waals surface area contributed by atoms with Crippen LogP contribution < -0.4 is 0 Å². The fourth-order valence-corrected chi connectivity index (χ4v) is 1.42. The van der Waals surface area contributed by atoms with Crippen molar-refractivity contribution in [3.63, 3.8) is 0 Å². The second-order valence-electron chi connectivity index (χ2n) is 2.45. The van der Waals surface area contributed by atoms with Crippen molar-refractivity contribution >= 4 is 15.9 Å². The Kier molecular flexibility index (Phi) is 0.906. The van der Waals surface area contributed by atoms with Gasteiger partial charge in [0.15, 0.2) is 0 Å². The maximum Gasteiger partial charge on any atom is 0.0840 e. The third-order valence-electron chi connectivity index (χ3n) is 1.59. The monoisotopic (exact) mass is 200 g/mol. The molecular weight excluding hydrogens is 190 g/mol. The van der Waals surface area contributed by atoms with Gasteiger partial charge in [0.2, 0.25) is 0 Å². The van der Waals surface area contributed by atoms with Crippen molar-refractivity contribution in [2.45, 2.75) is 18.8 Å². The molecule has 1 heterocycles. The lowest BCUT2D eigenvalue weighted by molar-refractivity contribution is 1.01. The second-order valence-corrected chi connectivity index (χ2v) is 3.24. The van der Waals surface area contributed by atoms with Crippen molar-refractivity contribution < 1.29 is 4.11 Å². The minimum Gasteiger partial charge on any atom is -0.260 e. The standard InChI is InChI=1S/C8H8BrN/c9-7-2-1-5-10-8(7)6-3-4-6/h1-2,5-6H,3-4H2/i1D,2D,5D. The quantitative estimate of drug-likeness (QED) is 0.680. The van der Waals surface area contributed by atoms with Crippen LogP contribution in [0.3, 0.4) is 0 Å². The summed E-state index contributed by atoms with van der Waals surface area (Å²) in [6, 6.07) is -0.0156. The molecule has 1 nitrogen and oxygen atoms in total. The van der Waals surface area contributed by atoms with Gasteiger partial charge in [0.25, 0.3) is 0 Å². The highest BCUT2D eigenvalue weighted by Gasteiger charge is 2.26. The Labute approximate surface area is 72.8 Å². The Morgan fingerprint density at radius 1 is 1.70 bits per heavy atom. The summed E-state index contributed by atoms with van der Waals surface area (Å²) in [6.07, 6.45) is 2.08. The van der Waals surface area contributed by atoms with Gasteiger partial charge in [0.05, 0.1) is 9.81 Å². The molecule has 1 aromatic rings. The summed E-state index contributed by atoms with van der Waals surface area (Å²) in [7, 11) is 0. The van der Waals surface area contributed by atoms with E-state index >= 15 is 0 Å². The molecule has 0 radical (unpaired) electrons. The molecule has 0 aromatic carbocycles. The first-order chi connectivity index (χ1) is 6.11. The van der Waals surface area contributed by atoms with E-state index in [4.69, 9.17) is 4.11 Å². The highest BCUT2D eigenvalue weighted by atomic mass is 79.9. The van der Waals surface area contributed by atoms with E-state index in [1.807, 2.05) is 0 Å². The van der Waals surface area contributed by atoms with E-state index in [1.165, 1.54) is 0 Å². The largest absolute Gasteiger partial charge is 0.260 e. The number of nitrogens with zero attached hydrogens (tertiary/aromatic N) is 1.